The summed E-state index contributed by atoms with van der Waals surface area (Å²) in [6, 6.07) is 0. The zero-order valence-corrected chi connectivity index (χ0v) is 9.94. The summed E-state index contributed by atoms with van der Waals surface area (Å²) in [7, 11) is 0. The van der Waals surface area contributed by atoms with E-state index in [1.54, 1.807) is 0 Å². The molecule has 0 saturated carbocycles. The fourth-order valence-corrected chi connectivity index (χ4v) is 0.777. The number of hydrogen-bond donors (Lipinski definition) is 1. The molecule has 1 unspecified atom stereocenters. The lowest BCUT2D eigenvalue weighted by Gasteiger charge is -2.30. The fourth-order valence-electron chi connectivity index (χ4n) is 0.777. The lowest BCUT2D eigenvalue weighted by molar-refractivity contribution is -0.465. The minimum atomic E-state index is -6.96. The highest BCUT2D eigenvalue weighted by Gasteiger charge is 2.76. The Morgan fingerprint density at radius 3 is 1.82 bits per heavy atom. The van der Waals surface area contributed by atoms with E-state index in [0.29, 0.717) is 0 Å². The van der Waals surface area contributed by atoms with E-state index in [1.165, 1.54) is 0 Å². The van der Waals surface area contributed by atoms with E-state index in [0.717, 1.165) is 0 Å². The molecule has 0 radical (unpaired) electrons. The normalized spacial score (nSPS) is 15.7. The maximum absolute atomic E-state index is 12.7. The van der Waals surface area contributed by atoms with Crippen LogP contribution in [0.5, 0.6) is 0 Å². The number of carbonyl (C=O) groups is 1. The third kappa shape index (κ3) is 4.86. The van der Waals surface area contributed by atoms with Crippen molar-refractivity contribution in [2.75, 3.05) is 6.61 Å². The van der Waals surface area contributed by atoms with Crippen molar-refractivity contribution in [2.45, 2.75) is 37.1 Å². The summed E-state index contributed by atoms with van der Waals surface area (Å²) in [4.78, 5) is 9.93. The smallest absolute Gasteiger partial charge is 0.462 e. The molecule has 0 saturated heterocycles. The Balaban J connectivity index is 4.94. The van der Waals surface area contributed by atoms with E-state index in [2.05, 4.69) is 9.47 Å². The van der Waals surface area contributed by atoms with E-state index in [1.807, 2.05) is 0 Å². The van der Waals surface area contributed by atoms with Gasteiger partial charge in [0, 0.05) is 0 Å². The number of ether oxygens (including phenoxy) is 2. The van der Waals surface area contributed by atoms with Gasteiger partial charge in [0.1, 0.15) is 0 Å². The second-order valence-corrected chi connectivity index (χ2v) is 3.58. The molecular weight excluding hydrogens is 350 g/mol. The van der Waals surface area contributed by atoms with E-state index in [-0.39, 0.29) is 0 Å². The Kier molecular flexibility index (Phi) is 6.05. The highest BCUT2D eigenvalue weighted by molar-refractivity contribution is 5.66. The van der Waals surface area contributed by atoms with Gasteiger partial charge in [0.2, 0.25) is 0 Å². The zero-order chi connectivity index (χ0) is 18.0. The number of carboxylic acids is 1. The monoisotopic (exact) mass is 356 g/mol. The Morgan fingerprint density at radius 1 is 1.00 bits per heavy atom. The van der Waals surface area contributed by atoms with Crippen LogP contribution in [0.15, 0.2) is 0 Å². The van der Waals surface area contributed by atoms with E-state index >= 15 is 0 Å². The predicted octanol–water partition coefficient (Wildman–Crippen LogP) is 3.17. The van der Waals surface area contributed by atoms with Gasteiger partial charge in [-0.3, -0.25) is 9.53 Å². The first-order valence-corrected chi connectivity index (χ1v) is 4.92. The van der Waals surface area contributed by atoms with Crippen LogP contribution in [0.4, 0.5) is 43.9 Å². The van der Waals surface area contributed by atoms with Crippen LogP contribution in [0.3, 0.4) is 0 Å². The molecule has 0 fully saturated rings. The molecular formula is C8H6F10O4. The molecule has 0 aliphatic heterocycles. The average Bonchev–Trinajstić information content (AvgIpc) is 2.25. The first-order chi connectivity index (χ1) is 9.54. The van der Waals surface area contributed by atoms with Gasteiger partial charge in [0.05, 0.1) is 13.0 Å². The first-order valence-electron chi connectivity index (χ1n) is 4.92. The highest BCUT2D eigenvalue weighted by Crippen LogP contribution is 2.48. The lowest BCUT2D eigenvalue weighted by Crippen LogP contribution is -2.56. The second kappa shape index (κ2) is 6.44. The summed E-state index contributed by atoms with van der Waals surface area (Å²) in [6.07, 6.45) is -24.8. The van der Waals surface area contributed by atoms with Gasteiger partial charge in [-0.25, -0.2) is 4.39 Å². The largest absolute Gasteiger partial charge is 0.481 e. The van der Waals surface area contributed by atoms with E-state index in [4.69, 9.17) is 5.11 Å². The van der Waals surface area contributed by atoms with Crippen LogP contribution >= 0.6 is 0 Å². The lowest BCUT2D eigenvalue weighted by atomic mass is 10.3. The van der Waals surface area contributed by atoms with Gasteiger partial charge in [-0.05, 0) is 0 Å². The van der Waals surface area contributed by atoms with Crippen LogP contribution in [0.25, 0.3) is 0 Å². The van der Waals surface area contributed by atoms with E-state index in [9.17, 15) is 48.7 Å². The molecule has 1 N–H and O–H groups in total. The van der Waals surface area contributed by atoms with Crippen LogP contribution < -0.4 is 0 Å². The zero-order valence-electron chi connectivity index (χ0n) is 9.94. The number of aliphatic carboxylic acids is 1. The Labute approximate surface area is 114 Å². The van der Waals surface area contributed by atoms with Gasteiger partial charge in [-0.1, -0.05) is 0 Å². The van der Waals surface area contributed by atoms with Crippen molar-refractivity contribution in [3.8, 4) is 0 Å². The quantitative estimate of drug-likeness (QED) is 0.679. The molecule has 4 nitrogen and oxygen atoms in total. The molecule has 1 atom stereocenters. The SMILES string of the molecule is O=C(O)CCOC(F)(F)C(F)OC(F)(F)C(F)(F)C(F)(F)F. The summed E-state index contributed by atoms with van der Waals surface area (Å²) >= 11 is 0. The third-order valence-corrected chi connectivity index (χ3v) is 1.85. The highest BCUT2D eigenvalue weighted by atomic mass is 19.4. The van der Waals surface area contributed by atoms with Crippen molar-refractivity contribution in [3.05, 3.63) is 0 Å². The minimum absolute atomic E-state index is 1.16. The Bertz CT molecular complexity index is 393. The van der Waals surface area contributed by atoms with Crippen molar-refractivity contribution >= 4 is 5.97 Å². The third-order valence-electron chi connectivity index (χ3n) is 1.85. The summed E-state index contributed by atoms with van der Waals surface area (Å²) in [6.45, 7) is -1.45. The molecule has 0 aliphatic rings. The van der Waals surface area contributed by atoms with E-state index < -0.39 is 49.7 Å². The number of rotatable bonds is 8. The Hall–Kier alpha value is -1.31. The number of carboxylic acid groups (broad SMARTS) is 1. The summed E-state index contributed by atoms with van der Waals surface area (Å²) in [5.41, 5.74) is 0. The van der Waals surface area contributed by atoms with Gasteiger partial charge in [-0.15, -0.1) is 0 Å². The fraction of sp³-hybridized carbons (Fsp3) is 0.875. The molecule has 0 aromatic carbocycles. The van der Waals surface area contributed by atoms with Crippen LogP contribution in [-0.4, -0.2) is 48.4 Å². The number of alkyl halides is 10. The van der Waals surface area contributed by atoms with Crippen molar-refractivity contribution in [1.29, 1.82) is 0 Å². The summed E-state index contributed by atoms with van der Waals surface area (Å²) in [5.74, 6) is -8.68. The molecule has 0 rings (SSSR count). The van der Waals surface area contributed by atoms with Gasteiger partial charge in [0.15, 0.2) is 0 Å². The average molecular weight is 356 g/mol. The molecule has 0 bridgehead atoms. The van der Waals surface area contributed by atoms with Crippen LogP contribution in [0, 0.1) is 0 Å². The maximum atomic E-state index is 12.7. The molecule has 0 aromatic heterocycles. The first kappa shape index (κ1) is 20.7. The molecule has 22 heavy (non-hydrogen) atoms. The van der Waals surface area contributed by atoms with Crippen molar-refractivity contribution in [1.82, 2.24) is 0 Å². The van der Waals surface area contributed by atoms with Gasteiger partial charge in [-0.2, -0.15) is 39.5 Å². The Morgan fingerprint density at radius 2 is 1.45 bits per heavy atom. The van der Waals surface area contributed by atoms with Gasteiger partial charge >= 0.3 is 30.3 Å². The number of halogens is 10. The van der Waals surface area contributed by atoms with Crippen LogP contribution in [-0.2, 0) is 14.3 Å². The molecule has 0 aliphatic carbocycles. The molecule has 132 valence electrons. The van der Waals surface area contributed by atoms with Crippen molar-refractivity contribution < 1.29 is 63.3 Å². The number of hydrogen-bond acceptors (Lipinski definition) is 3. The molecule has 0 aromatic rings. The minimum Gasteiger partial charge on any atom is -0.481 e. The molecule has 0 heterocycles. The molecule has 0 spiro atoms. The molecule has 14 heteroatoms. The topological polar surface area (TPSA) is 55.8 Å². The van der Waals surface area contributed by atoms with Crippen LogP contribution in [0.1, 0.15) is 6.42 Å². The van der Waals surface area contributed by atoms with Crippen LogP contribution in [0.2, 0.25) is 0 Å². The second-order valence-electron chi connectivity index (χ2n) is 3.58. The molecule has 0 amide bonds. The predicted molar refractivity (Wildman–Crippen MR) is 45.1 cm³/mol. The van der Waals surface area contributed by atoms with Gasteiger partial charge in [0.25, 0.3) is 6.36 Å². The van der Waals surface area contributed by atoms with Crippen molar-refractivity contribution in [2.24, 2.45) is 0 Å². The standard InChI is InChI=1S/C8H6F10O4/c9-4(5(10,11)21-2-1-3(19)20)22-8(17,18)6(12,13)7(14,15)16/h4H,1-2H2,(H,19,20). The van der Waals surface area contributed by atoms with Crippen molar-refractivity contribution in [3.63, 3.8) is 0 Å². The maximum Gasteiger partial charge on any atom is 0.462 e. The van der Waals surface area contributed by atoms with Gasteiger partial charge < -0.3 is 9.84 Å². The summed E-state index contributed by atoms with van der Waals surface area (Å²) < 4.78 is 128. The summed E-state index contributed by atoms with van der Waals surface area (Å²) in [5, 5.41) is 8.04.